The minimum atomic E-state index is -2.07. The zero-order valence-electron chi connectivity index (χ0n) is 25.9. The summed E-state index contributed by atoms with van der Waals surface area (Å²) in [6, 6.07) is 39.7. The van der Waals surface area contributed by atoms with Crippen molar-refractivity contribution in [1.29, 1.82) is 0 Å². The van der Waals surface area contributed by atoms with Crippen LogP contribution >= 0.6 is 7.26 Å². The van der Waals surface area contributed by atoms with E-state index >= 15 is 0 Å². The van der Waals surface area contributed by atoms with E-state index in [9.17, 15) is 0 Å². The van der Waals surface area contributed by atoms with Crippen LogP contribution in [0.5, 0.6) is 0 Å². The Labute approximate surface area is 294 Å². The van der Waals surface area contributed by atoms with Gasteiger partial charge in [-0.15, -0.1) is 5.10 Å². The maximum Gasteiger partial charge on any atom is 2.00 e. The summed E-state index contributed by atoms with van der Waals surface area (Å²) >= 11 is 10.6. The van der Waals surface area contributed by atoms with Crippen molar-refractivity contribution in [3.63, 3.8) is 0 Å². The van der Waals surface area contributed by atoms with Crippen LogP contribution in [0.1, 0.15) is 12.5 Å². The van der Waals surface area contributed by atoms with Crippen LogP contribution in [0, 0.1) is 0 Å². The molecule has 46 heavy (non-hydrogen) atoms. The van der Waals surface area contributed by atoms with E-state index in [1.54, 1.807) is 14.0 Å². The van der Waals surface area contributed by atoms with E-state index in [0.717, 1.165) is 11.3 Å². The van der Waals surface area contributed by atoms with E-state index in [1.165, 1.54) is 15.9 Å². The van der Waals surface area contributed by atoms with E-state index in [1.807, 2.05) is 49.5 Å². The van der Waals surface area contributed by atoms with Gasteiger partial charge in [0.2, 0.25) is 0 Å². The third-order valence-corrected chi connectivity index (χ3v) is 11.6. The van der Waals surface area contributed by atoms with Gasteiger partial charge in [0.05, 0.1) is 12.3 Å². The van der Waals surface area contributed by atoms with Crippen LogP contribution in [-0.4, -0.2) is 55.4 Å². The number of hydrogen-bond acceptors (Lipinski definition) is 8. The Kier molecular flexibility index (Phi) is 15.3. The van der Waals surface area contributed by atoms with Crippen LogP contribution in [0.2, 0.25) is 0 Å². The molecule has 4 rings (SSSR count). The first kappa shape index (κ1) is 36.8. The molecule has 0 aliphatic rings. The second kappa shape index (κ2) is 19.1. The fourth-order valence-corrected chi connectivity index (χ4v) is 8.60. The van der Waals surface area contributed by atoms with Crippen molar-refractivity contribution in [3.05, 3.63) is 121 Å². The number of anilines is 1. The summed E-state index contributed by atoms with van der Waals surface area (Å²) in [6.07, 6.45) is 0.554. The molecule has 8 nitrogen and oxygen atoms in total. The molecule has 0 saturated heterocycles. The molecule has 4 aromatic carbocycles. The molecule has 0 unspecified atom stereocenters. The van der Waals surface area contributed by atoms with Crippen LogP contribution in [0.3, 0.4) is 0 Å². The summed E-state index contributed by atoms with van der Waals surface area (Å²) in [4.78, 5) is 0. The summed E-state index contributed by atoms with van der Waals surface area (Å²) in [7, 11) is 1.49. The zero-order valence-corrected chi connectivity index (χ0v) is 29.3. The van der Waals surface area contributed by atoms with Gasteiger partial charge in [0.25, 0.3) is 0 Å². The van der Waals surface area contributed by atoms with Crippen molar-refractivity contribution in [2.24, 2.45) is 20.4 Å². The molecule has 4 aromatic rings. The van der Waals surface area contributed by atoms with Gasteiger partial charge >= 0.3 is 17.1 Å². The van der Waals surface area contributed by atoms with Crippen molar-refractivity contribution in [3.8, 4) is 0 Å². The summed E-state index contributed by atoms with van der Waals surface area (Å²) in [5, 5.41) is 30.3. The first-order valence-electron chi connectivity index (χ1n) is 14.4. The van der Waals surface area contributed by atoms with E-state index in [4.69, 9.17) is 30.0 Å². The Balaban J connectivity index is 0.00000576. The minimum Gasteiger partial charge on any atom is -0.741 e. The van der Waals surface area contributed by atoms with Crippen molar-refractivity contribution in [1.82, 2.24) is 10.6 Å². The van der Waals surface area contributed by atoms with Crippen LogP contribution in [0.4, 0.5) is 5.69 Å². The Morgan fingerprint density at radius 2 is 1.17 bits per heavy atom. The average molecular weight is 718 g/mol. The third kappa shape index (κ3) is 9.90. The van der Waals surface area contributed by atoms with Gasteiger partial charge in [0.1, 0.15) is 28.9 Å². The maximum absolute atomic E-state index is 6.41. The van der Waals surface area contributed by atoms with E-state index in [0.29, 0.717) is 30.9 Å². The third-order valence-electron chi connectivity index (χ3n) is 6.93. The Hall–Kier alpha value is -3.69. The summed E-state index contributed by atoms with van der Waals surface area (Å²) in [6.45, 7) is 2.73. The van der Waals surface area contributed by atoms with Gasteiger partial charge in [-0.05, 0) is 65.8 Å². The maximum atomic E-state index is 6.41. The SMILES string of the molecule is CN/C([S-])=N/N=C(/C(C)=N/N=C(\[S-])NCCOC[P+](c1ccccc1)(c1ccccc1)c1ccccc1)c1ccc(NC)cc1.[Cu+2]. The summed E-state index contributed by atoms with van der Waals surface area (Å²) < 4.78 is 6.41. The minimum absolute atomic E-state index is 0. The predicted octanol–water partition coefficient (Wildman–Crippen LogP) is 4.39. The fourth-order valence-electron chi connectivity index (χ4n) is 4.63. The normalized spacial score (nSPS) is 12.7. The molecule has 0 aromatic heterocycles. The van der Waals surface area contributed by atoms with Gasteiger partial charge in [0.15, 0.2) is 6.35 Å². The van der Waals surface area contributed by atoms with Crippen molar-refractivity contribution in [2.75, 3.05) is 38.9 Å². The Morgan fingerprint density at radius 3 is 1.65 bits per heavy atom. The molecule has 3 N–H and O–H groups in total. The second-order valence-corrected chi connectivity index (χ2v) is 14.0. The second-order valence-electron chi connectivity index (χ2n) is 9.80. The molecule has 1 radical (unpaired) electrons. The fraction of sp³-hybridized carbons (Fsp3) is 0.176. The molecule has 241 valence electrons. The Morgan fingerprint density at radius 1 is 0.674 bits per heavy atom. The van der Waals surface area contributed by atoms with Gasteiger partial charge in [-0.2, -0.15) is 15.3 Å². The van der Waals surface area contributed by atoms with Gasteiger partial charge in [-0.3, -0.25) is 0 Å². The van der Waals surface area contributed by atoms with E-state index in [-0.39, 0.29) is 27.4 Å². The quantitative estimate of drug-likeness (QED) is 0.0362. The smallest absolute Gasteiger partial charge is 0.741 e. The van der Waals surface area contributed by atoms with Crippen LogP contribution in [-0.2, 0) is 47.1 Å². The van der Waals surface area contributed by atoms with Gasteiger partial charge < -0.3 is 45.9 Å². The van der Waals surface area contributed by atoms with E-state index in [2.05, 4.69) is 109 Å². The first-order valence-corrected chi connectivity index (χ1v) is 17.2. The number of nitrogens with one attached hydrogen (secondary N) is 3. The molecular formula is C34H37CuN7OPS2+. The standard InChI is InChI=1S/C34H38N7OPS2.Cu/c1-26(32(39-40-33(44)36-3)27-19-21-28(35-2)22-20-27)38-41-34(45)37-23-24-42-25-43(29-13-7-4-8-14-29,30-15-9-5-10-16-30)31-17-11-6-12-18-31;/h4-22H,23-25H2,1-3H3,(H4-,35,36,37,38,39,40,41,44,45);/q;+2/p-1. The number of amidine groups is 2. The van der Waals surface area contributed by atoms with Crippen LogP contribution < -0.4 is 31.9 Å². The summed E-state index contributed by atoms with van der Waals surface area (Å²) in [5.74, 6) is 0. The van der Waals surface area contributed by atoms with Crippen molar-refractivity contribution in [2.45, 2.75) is 6.92 Å². The molecule has 0 spiro atoms. The molecule has 0 fully saturated rings. The number of benzene rings is 4. The molecule has 0 aliphatic heterocycles. The van der Waals surface area contributed by atoms with Gasteiger partial charge in [-0.25, -0.2) is 0 Å². The molecule has 0 heterocycles. The number of nitrogens with zero attached hydrogens (tertiary/aromatic N) is 4. The first-order chi connectivity index (χ1) is 22.0. The molecule has 0 atom stereocenters. The largest absolute Gasteiger partial charge is 2.00 e. The zero-order chi connectivity index (χ0) is 31.9. The topological polar surface area (TPSA) is 94.8 Å². The molecule has 0 aliphatic carbocycles. The molecular weight excluding hydrogens is 681 g/mol. The molecule has 0 saturated carbocycles. The number of rotatable bonds is 13. The molecule has 0 bridgehead atoms. The average Bonchev–Trinajstić information content (AvgIpc) is 3.10. The summed E-state index contributed by atoms with van der Waals surface area (Å²) in [5.41, 5.74) is 2.87. The molecule has 0 amide bonds. The van der Waals surface area contributed by atoms with Crippen molar-refractivity contribution < 1.29 is 21.8 Å². The van der Waals surface area contributed by atoms with Crippen molar-refractivity contribution >= 4 is 75.9 Å². The number of ether oxygens (including phenoxy) is 1. The van der Waals surface area contributed by atoms with Crippen LogP contribution in [0.25, 0.3) is 0 Å². The molecule has 12 heteroatoms. The van der Waals surface area contributed by atoms with E-state index < -0.39 is 7.26 Å². The predicted molar refractivity (Wildman–Crippen MR) is 198 cm³/mol. The van der Waals surface area contributed by atoms with Gasteiger partial charge in [-0.1, -0.05) is 66.7 Å². The van der Waals surface area contributed by atoms with Crippen LogP contribution in [0.15, 0.2) is 136 Å². The number of hydrogen-bond donors (Lipinski definition) is 3. The van der Waals surface area contributed by atoms with Gasteiger partial charge in [0, 0.05) is 31.9 Å². The Bertz CT molecular complexity index is 1530. The monoisotopic (exact) mass is 717 g/mol.